The third-order valence-corrected chi connectivity index (χ3v) is 7.18. The Balaban J connectivity index is 1.81. The fourth-order valence-corrected chi connectivity index (χ4v) is 5.41. The first-order valence-electron chi connectivity index (χ1n) is 10.4. The van der Waals surface area contributed by atoms with Gasteiger partial charge in [0, 0.05) is 0 Å². The number of hydrogen-bond donors (Lipinski definition) is 5. The van der Waals surface area contributed by atoms with Crippen molar-refractivity contribution in [3.05, 3.63) is 11.6 Å². The number of aliphatic hydroxyl groups is 5. The first kappa shape index (κ1) is 22.2. The Morgan fingerprint density at radius 2 is 1.86 bits per heavy atom. The maximum absolute atomic E-state index is 10.9. The molecule has 3 aliphatic rings. The molecule has 3 rings (SSSR count). The molecule has 162 valence electrons. The van der Waals surface area contributed by atoms with E-state index in [2.05, 4.69) is 13.0 Å². The molecule has 0 aromatic carbocycles. The molecule has 28 heavy (non-hydrogen) atoms. The number of allylic oxidation sites excluding steroid dienone is 2. The van der Waals surface area contributed by atoms with E-state index in [-0.39, 0.29) is 17.8 Å². The van der Waals surface area contributed by atoms with Gasteiger partial charge in [0.15, 0.2) is 6.29 Å². The molecule has 0 radical (unpaired) electrons. The Morgan fingerprint density at radius 3 is 2.50 bits per heavy atom. The fraction of sp³-hybridized carbons (Fsp3) is 0.905. The van der Waals surface area contributed by atoms with E-state index in [1.165, 1.54) is 5.57 Å². The van der Waals surface area contributed by atoms with Crippen LogP contribution in [-0.4, -0.2) is 74.0 Å². The molecule has 0 aromatic rings. The van der Waals surface area contributed by atoms with Gasteiger partial charge < -0.3 is 35.0 Å². The average Bonchev–Trinajstić information content (AvgIpc) is 2.61. The van der Waals surface area contributed by atoms with Crippen LogP contribution in [0.1, 0.15) is 53.4 Å². The smallest absolute Gasteiger partial charge is 0.187 e. The van der Waals surface area contributed by atoms with Gasteiger partial charge in [-0.2, -0.15) is 0 Å². The molecule has 2 fully saturated rings. The minimum atomic E-state index is -1.46. The van der Waals surface area contributed by atoms with Gasteiger partial charge in [-0.25, -0.2) is 0 Å². The molecule has 9 atom stereocenters. The molecule has 0 aromatic heterocycles. The molecule has 9 unspecified atom stereocenters. The fourth-order valence-electron chi connectivity index (χ4n) is 5.41. The highest BCUT2D eigenvalue weighted by Gasteiger charge is 2.52. The summed E-state index contributed by atoms with van der Waals surface area (Å²) in [6.07, 6.45) is -0.797. The van der Waals surface area contributed by atoms with Crippen LogP contribution in [0, 0.1) is 17.8 Å². The summed E-state index contributed by atoms with van der Waals surface area (Å²) in [5.74, 6) is 0.394. The second kappa shape index (κ2) is 7.95. The van der Waals surface area contributed by atoms with Gasteiger partial charge in [0.25, 0.3) is 0 Å². The topological polar surface area (TPSA) is 120 Å². The van der Waals surface area contributed by atoms with Crippen LogP contribution in [0.25, 0.3) is 0 Å². The molecule has 2 aliphatic carbocycles. The van der Waals surface area contributed by atoms with Crippen LogP contribution in [0.15, 0.2) is 11.6 Å². The van der Waals surface area contributed by atoms with E-state index in [1.54, 1.807) is 0 Å². The first-order chi connectivity index (χ1) is 13.0. The zero-order valence-corrected chi connectivity index (χ0v) is 17.3. The van der Waals surface area contributed by atoms with Crippen molar-refractivity contribution in [2.24, 2.45) is 17.8 Å². The minimum Gasteiger partial charge on any atom is -0.394 e. The summed E-state index contributed by atoms with van der Waals surface area (Å²) in [5.41, 5.74) is -0.105. The molecule has 0 bridgehead atoms. The van der Waals surface area contributed by atoms with Crippen molar-refractivity contribution in [1.82, 2.24) is 0 Å². The summed E-state index contributed by atoms with van der Waals surface area (Å²) in [6, 6.07) is 0. The number of hydrogen-bond acceptors (Lipinski definition) is 7. The lowest BCUT2D eigenvalue weighted by molar-refractivity contribution is -0.332. The highest BCUT2D eigenvalue weighted by atomic mass is 16.7. The molecule has 0 amide bonds. The molecule has 5 N–H and O–H groups in total. The number of rotatable bonds is 4. The second-order valence-electron chi connectivity index (χ2n) is 9.66. The second-order valence-corrected chi connectivity index (χ2v) is 9.66. The van der Waals surface area contributed by atoms with Crippen molar-refractivity contribution < 1.29 is 35.0 Å². The number of fused-ring (bicyclic) bond motifs is 1. The third kappa shape index (κ3) is 4.03. The summed E-state index contributed by atoms with van der Waals surface area (Å²) >= 11 is 0. The average molecular weight is 401 g/mol. The monoisotopic (exact) mass is 400 g/mol. The lowest BCUT2D eigenvalue weighted by atomic mass is 9.57. The summed E-state index contributed by atoms with van der Waals surface area (Å²) in [7, 11) is 0. The third-order valence-electron chi connectivity index (χ3n) is 7.18. The summed E-state index contributed by atoms with van der Waals surface area (Å²) < 4.78 is 11.7. The minimum absolute atomic E-state index is 0.0975. The van der Waals surface area contributed by atoms with Gasteiger partial charge in [0.05, 0.1) is 17.8 Å². The van der Waals surface area contributed by atoms with E-state index < -0.39 is 48.5 Å². The Morgan fingerprint density at radius 1 is 1.18 bits per heavy atom. The van der Waals surface area contributed by atoms with Crippen LogP contribution in [-0.2, 0) is 9.47 Å². The van der Waals surface area contributed by atoms with Crippen molar-refractivity contribution in [2.75, 3.05) is 6.61 Å². The van der Waals surface area contributed by atoms with Crippen molar-refractivity contribution in [2.45, 2.75) is 95.3 Å². The summed E-state index contributed by atoms with van der Waals surface area (Å²) in [4.78, 5) is 0. The molecule has 1 aliphatic heterocycles. The van der Waals surface area contributed by atoms with Crippen LogP contribution >= 0.6 is 0 Å². The molecule has 1 saturated heterocycles. The van der Waals surface area contributed by atoms with Crippen LogP contribution < -0.4 is 0 Å². The van der Waals surface area contributed by atoms with E-state index in [0.29, 0.717) is 6.42 Å². The van der Waals surface area contributed by atoms with Crippen LogP contribution in [0.5, 0.6) is 0 Å². The highest BCUT2D eigenvalue weighted by molar-refractivity contribution is 5.15. The van der Waals surface area contributed by atoms with Crippen molar-refractivity contribution in [1.29, 1.82) is 0 Å². The summed E-state index contributed by atoms with van der Waals surface area (Å²) in [6.45, 7) is 7.43. The molecule has 0 spiro atoms. The predicted octanol–water partition coefficient (Wildman–Crippen LogP) is 0.715. The summed E-state index contributed by atoms with van der Waals surface area (Å²) in [5, 5.41) is 50.7. The molecule has 1 saturated carbocycles. The Hall–Kier alpha value is -0.540. The SMILES string of the molecule is CC1=CC2C(CC1)C(C)(O)CCC2C(C)(C)OC1OC(CO)C(O)C(O)C1O. The predicted molar refractivity (Wildman–Crippen MR) is 102 cm³/mol. The largest absolute Gasteiger partial charge is 0.394 e. The van der Waals surface area contributed by atoms with Crippen molar-refractivity contribution in [3.63, 3.8) is 0 Å². The standard InChI is InChI=1S/C21H36O7/c1-11-5-6-14-12(9-11)13(7-8-21(14,4)26)20(2,3)28-19-18(25)17(24)16(23)15(10-22)27-19/h9,12-19,22-26H,5-8,10H2,1-4H3. The van der Waals surface area contributed by atoms with E-state index in [4.69, 9.17) is 9.47 Å². The van der Waals surface area contributed by atoms with Crippen LogP contribution in [0.3, 0.4) is 0 Å². The van der Waals surface area contributed by atoms with E-state index >= 15 is 0 Å². The highest BCUT2D eigenvalue weighted by Crippen LogP contribution is 2.51. The molecule has 7 heteroatoms. The lowest BCUT2D eigenvalue weighted by Gasteiger charge is -2.53. The Kier molecular flexibility index (Phi) is 6.29. The van der Waals surface area contributed by atoms with E-state index in [0.717, 1.165) is 19.3 Å². The maximum atomic E-state index is 10.9. The quantitative estimate of drug-likeness (QED) is 0.441. The first-order valence-corrected chi connectivity index (χ1v) is 10.4. The zero-order valence-electron chi connectivity index (χ0n) is 17.3. The Labute approximate surface area is 167 Å². The van der Waals surface area contributed by atoms with E-state index in [1.807, 2.05) is 20.8 Å². The molecular formula is C21H36O7. The van der Waals surface area contributed by atoms with Gasteiger partial charge in [-0.1, -0.05) is 11.6 Å². The van der Waals surface area contributed by atoms with Crippen molar-refractivity contribution >= 4 is 0 Å². The van der Waals surface area contributed by atoms with Gasteiger partial charge in [-0.15, -0.1) is 0 Å². The number of ether oxygens (including phenoxy) is 2. The van der Waals surface area contributed by atoms with Gasteiger partial charge in [-0.05, 0) is 71.1 Å². The van der Waals surface area contributed by atoms with Crippen molar-refractivity contribution in [3.8, 4) is 0 Å². The lowest BCUT2D eigenvalue weighted by Crippen LogP contribution is -2.61. The zero-order chi connectivity index (χ0) is 20.9. The number of aliphatic hydroxyl groups excluding tert-OH is 4. The van der Waals surface area contributed by atoms with E-state index in [9.17, 15) is 25.5 Å². The Bertz CT molecular complexity index is 585. The molecular weight excluding hydrogens is 364 g/mol. The van der Waals surface area contributed by atoms with Gasteiger partial charge in [-0.3, -0.25) is 0 Å². The van der Waals surface area contributed by atoms with Gasteiger partial charge in [0.1, 0.15) is 24.4 Å². The van der Waals surface area contributed by atoms with Crippen LogP contribution in [0.2, 0.25) is 0 Å². The maximum Gasteiger partial charge on any atom is 0.187 e. The normalized spacial score (nSPS) is 47.4. The van der Waals surface area contributed by atoms with Gasteiger partial charge >= 0.3 is 0 Å². The van der Waals surface area contributed by atoms with Crippen LogP contribution in [0.4, 0.5) is 0 Å². The molecule has 1 heterocycles. The molecule has 7 nitrogen and oxygen atoms in total. The van der Waals surface area contributed by atoms with Gasteiger partial charge in [0.2, 0.25) is 0 Å².